The van der Waals surface area contributed by atoms with Gasteiger partial charge < -0.3 is 9.80 Å². The third kappa shape index (κ3) is 3.37. The predicted octanol–water partition coefficient (Wildman–Crippen LogP) is 2.93. The van der Waals surface area contributed by atoms with Gasteiger partial charge in [0.2, 0.25) is 0 Å². The van der Waals surface area contributed by atoms with E-state index < -0.39 is 0 Å². The molecule has 0 bridgehead atoms. The van der Waals surface area contributed by atoms with Crippen molar-refractivity contribution in [2.24, 2.45) is 0 Å². The Morgan fingerprint density at radius 1 is 1.43 bits per heavy atom. The smallest absolute Gasteiger partial charge is 0.257 e. The highest BCUT2D eigenvalue weighted by molar-refractivity contribution is 7.09. The molecule has 1 amide bonds. The molecule has 1 aliphatic rings. The number of likely N-dealkylation sites (tertiary alicyclic amines) is 1. The normalized spacial score (nSPS) is 18.0. The average Bonchev–Trinajstić information content (AvgIpc) is 3.01. The van der Waals surface area contributed by atoms with Crippen LogP contribution in [0, 0.1) is 6.92 Å². The van der Waals surface area contributed by atoms with Crippen molar-refractivity contribution in [1.82, 2.24) is 14.9 Å². The first-order valence-corrected chi connectivity index (χ1v) is 8.78. The Morgan fingerprint density at radius 2 is 2.26 bits per heavy atom. The molecule has 5 nitrogen and oxygen atoms in total. The lowest BCUT2D eigenvalue weighted by Gasteiger charge is -2.32. The zero-order valence-electron chi connectivity index (χ0n) is 13.8. The van der Waals surface area contributed by atoms with Crippen LogP contribution in [-0.4, -0.2) is 48.0 Å². The molecule has 0 aromatic carbocycles. The Labute approximate surface area is 141 Å². The van der Waals surface area contributed by atoms with Gasteiger partial charge in [0.1, 0.15) is 5.82 Å². The number of anilines is 1. The maximum atomic E-state index is 12.9. The van der Waals surface area contributed by atoms with E-state index in [0.717, 1.165) is 42.5 Å². The minimum atomic E-state index is 0.0692. The SMILES string of the molecule is Cc1csc([C@@H]2CCCN(C(=O)c3cccnc3N(C)C)C2)n1. The first-order valence-electron chi connectivity index (χ1n) is 7.90. The van der Waals surface area contributed by atoms with Crippen LogP contribution in [0.1, 0.15) is 39.8 Å². The molecule has 3 rings (SSSR count). The van der Waals surface area contributed by atoms with Gasteiger partial charge in [-0.1, -0.05) is 0 Å². The van der Waals surface area contributed by atoms with E-state index in [1.807, 2.05) is 43.0 Å². The van der Waals surface area contributed by atoms with Gasteiger partial charge in [-0.25, -0.2) is 9.97 Å². The Morgan fingerprint density at radius 3 is 2.96 bits per heavy atom. The topological polar surface area (TPSA) is 49.3 Å². The molecular weight excluding hydrogens is 308 g/mol. The summed E-state index contributed by atoms with van der Waals surface area (Å²) in [5.41, 5.74) is 1.74. The number of carbonyl (C=O) groups excluding carboxylic acids is 1. The van der Waals surface area contributed by atoms with Gasteiger partial charge in [-0.05, 0) is 31.9 Å². The van der Waals surface area contributed by atoms with Gasteiger partial charge >= 0.3 is 0 Å². The lowest BCUT2D eigenvalue weighted by molar-refractivity contribution is 0.0707. The number of thiazole rings is 1. The molecular formula is C17H22N4OS. The fourth-order valence-electron chi connectivity index (χ4n) is 3.01. The fourth-order valence-corrected chi connectivity index (χ4v) is 3.94. The monoisotopic (exact) mass is 330 g/mol. The molecule has 1 saturated heterocycles. The van der Waals surface area contributed by atoms with Crippen LogP contribution < -0.4 is 4.90 Å². The Bertz CT molecular complexity index is 697. The lowest BCUT2D eigenvalue weighted by atomic mass is 9.98. The molecule has 0 saturated carbocycles. The number of aromatic nitrogens is 2. The van der Waals surface area contributed by atoms with E-state index >= 15 is 0 Å². The number of aryl methyl sites for hydroxylation is 1. The van der Waals surface area contributed by atoms with Crippen molar-refractivity contribution in [2.45, 2.75) is 25.7 Å². The van der Waals surface area contributed by atoms with E-state index in [-0.39, 0.29) is 5.91 Å². The third-order valence-corrected chi connectivity index (χ3v) is 5.26. The molecule has 0 unspecified atom stereocenters. The maximum absolute atomic E-state index is 12.9. The van der Waals surface area contributed by atoms with Crippen LogP contribution in [0.15, 0.2) is 23.7 Å². The fraction of sp³-hybridized carbons (Fsp3) is 0.471. The molecule has 3 heterocycles. The highest BCUT2D eigenvalue weighted by Gasteiger charge is 2.28. The number of piperidine rings is 1. The molecule has 2 aromatic rings. The first-order chi connectivity index (χ1) is 11.1. The van der Waals surface area contributed by atoms with Crippen molar-refractivity contribution < 1.29 is 4.79 Å². The average molecular weight is 330 g/mol. The molecule has 2 aromatic heterocycles. The maximum Gasteiger partial charge on any atom is 0.257 e. The van der Waals surface area contributed by atoms with Crippen LogP contribution in [0.3, 0.4) is 0 Å². The Kier molecular flexibility index (Phi) is 4.61. The van der Waals surface area contributed by atoms with Crippen LogP contribution in [0.4, 0.5) is 5.82 Å². The van der Waals surface area contributed by atoms with E-state index in [1.165, 1.54) is 0 Å². The zero-order valence-corrected chi connectivity index (χ0v) is 14.6. The van der Waals surface area contributed by atoms with E-state index in [1.54, 1.807) is 17.5 Å². The number of rotatable bonds is 3. The molecule has 1 aliphatic heterocycles. The second-order valence-corrected chi connectivity index (χ2v) is 7.08. The summed E-state index contributed by atoms with van der Waals surface area (Å²) in [4.78, 5) is 25.7. The number of carbonyl (C=O) groups is 1. The molecule has 0 spiro atoms. The first kappa shape index (κ1) is 15.9. The summed E-state index contributed by atoms with van der Waals surface area (Å²) in [6.45, 7) is 3.57. The highest BCUT2D eigenvalue weighted by atomic mass is 32.1. The van der Waals surface area contributed by atoms with Crippen LogP contribution in [0.5, 0.6) is 0 Å². The lowest BCUT2D eigenvalue weighted by Crippen LogP contribution is -2.39. The van der Waals surface area contributed by atoms with Crippen LogP contribution in [-0.2, 0) is 0 Å². The summed E-state index contributed by atoms with van der Waals surface area (Å²) >= 11 is 1.70. The Balaban J connectivity index is 1.80. The highest BCUT2D eigenvalue weighted by Crippen LogP contribution is 2.30. The van der Waals surface area contributed by atoms with Crippen LogP contribution in [0.2, 0.25) is 0 Å². The van der Waals surface area contributed by atoms with Crippen molar-refractivity contribution in [3.05, 3.63) is 40.0 Å². The summed E-state index contributed by atoms with van der Waals surface area (Å²) in [5.74, 6) is 1.15. The van der Waals surface area contributed by atoms with Gasteiger partial charge in [-0.3, -0.25) is 4.79 Å². The van der Waals surface area contributed by atoms with E-state index in [4.69, 9.17) is 0 Å². The van der Waals surface area contributed by atoms with Crippen molar-refractivity contribution in [1.29, 1.82) is 0 Å². The van der Waals surface area contributed by atoms with Gasteiger partial charge in [-0.15, -0.1) is 11.3 Å². The van der Waals surface area contributed by atoms with E-state index in [9.17, 15) is 4.79 Å². The number of amides is 1. The standard InChI is InChI=1S/C17H22N4OS/c1-12-11-23-16(19-12)13-6-5-9-21(10-13)17(22)14-7-4-8-18-15(14)20(2)3/h4,7-8,11,13H,5-6,9-10H2,1-3H3/t13-/m1/s1. The zero-order chi connectivity index (χ0) is 16.4. The number of hydrogen-bond donors (Lipinski definition) is 0. The van der Waals surface area contributed by atoms with Gasteiger partial charge in [0, 0.05) is 50.4 Å². The molecule has 0 radical (unpaired) electrons. The van der Waals surface area contributed by atoms with Crippen LogP contribution in [0.25, 0.3) is 0 Å². The van der Waals surface area contributed by atoms with E-state index in [0.29, 0.717) is 11.5 Å². The van der Waals surface area contributed by atoms with Gasteiger partial charge in [0.05, 0.1) is 10.6 Å². The molecule has 1 fully saturated rings. The summed E-state index contributed by atoms with van der Waals surface area (Å²) < 4.78 is 0. The summed E-state index contributed by atoms with van der Waals surface area (Å²) in [6, 6.07) is 3.69. The summed E-state index contributed by atoms with van der Waals surface area (Å²) in [7, 11) is 3.83. The largest absolute Gasteiger partial charge is 0.362 e. The van der Waals surface area contributed by atoms with Crippen molar-refractivity contribution in [3.8, 4) is 0 Å². The van der Waals surface area contributed by atoms with Crippen LogP contribution >= 0.6 is 11.3 Å². The van der Waals surface area contributed by atoms with Crippen molar-refractivity contribution >= 4 is 23.1 Å². The molecule has 0 N–H and O–H groups in total. The van der Waals surface area contributed by atoms with Gasteiger partial charge in [-0.2, -0.15) is 0 Å². The second-order valence-electron chi connectivity index (χ2n) is 6.19. The molecule has 23 heavy (non-hydrogen) atoms. The van der Waals surface area contributed by atoms with Gasteiger partial charge in [0.15, 0.2) is 0 Å². The number of nitrogens with zero attached hydrogens (tertiary/aromatic N) is 4. The van der Waals surface area contributed by atoms with Gasteiger partial charge in [0.25, 0.3) is 5.91 Å². The quantitative estimate of drug-likeness (QED) is 0.868. The van der Waals surface area contributed by atoms with Crippen molar-refractivity contribution in [2.75, 3.05) is 32.1 Å². The summed E-state index contributed by atoms with van der Waals surface area (Å²) in [5, 5.41) is 3.24. The molecule has 6 heteroatoms. The predicted molar refractivity (Wildman–Crippen MR) is 93.3 cm³/mol. The minimum Gasteiger partial charge on any atom is -0.362 e. The molecule has 122 valence electrons. The van der Waals surface area contributed by atoms with Crippen molar-refractivity contribution in [3.63, 3.8) is 0 Å². The third-order valence-electron chi connectivity index (χ3n) is 4.14. The Hall–Kier alpha value is -1.95. The minimum absolute atomic E-state index is 0.0692. The summed E-state index contributed by atoms with van der Waals surface area (Å²) in [6.07, 6.45) is 3.85. The molecule has 0 aliphatic carbocycles. The molecule has 1 atom stereocenters. The second kappa shape index (κ2) is 6.66. The number of pyridine rings is 1. The number of hydrogen-bond acceptors (Lipinski definition) is 5. The van der Waals surface area contributed by atoms with E-state index in [2.05, 4.69) is 15.3 Å².